The van der Waals surface area contributed by atoms with E-state index >= 15 is 0 Å². The summed E-state index contributed by atoms with van der Waals surface area (Å²) >= 11 is 0. The fourth-order valence-corrected chi connectivity index (χ4v) is 1.56. The van der Waals surface area contributed by atoms with Crippen molar-refractivity contribution in [1.82, 2.24) is 5.32 Å². The molecular weight excluding hydrogens is 306 g/mol. The van der Waals surface area contributed by atoms with E-state index < -0.39 is 12.7 Å². The Bertz CT molecular complexity index is 459. The second kappa shape index (κ2) is 9.36. The minimum Gasteiger partial charge on any atom is -0.493 e. The van der Waals surface area contributed by atoms with Crippen LogP contribution in [0.4, 0.5) is 8.78 Å². The topological polar surface area (TPSA) is 73.6 Å². The number of ether oxygens (including phenoxy) is 2. The van der Waals surface area contributed by atoms with Gasteiger partial charge in [-0.2, -0.15) is 8.78 Å². The average molecular weight is 325 g/mol. The van der Waals surface area contributed by atoms with Crippen molar-refractivity contribution in [1.29, 1.82) is 0 Å². The van der Waals surface area contributed by atoms with Crippen molar-refractivity contribution in [3.8, 4) is 11.5 Å². The van der Waals surface area contributed by atoms with E-state index in [1.807, 2.05) is 0 Å². The summed E-state index contributed by atoms with van der Waals surface area (Å²) in [6, 6.07) is 4.14. The number of hydrogen-bond donors (Lipinski definition) is 2. The van der Waals surface area contributed by atoms with Gasteiger partial charge in [0.2, 0.25) is 5.91 Å². The average Bonchev–Trinajstić information content (AvgIpc) is 2.38. The van der Waals surface area contributed by atoms with Gasteiger partial charge in [-0.1, -0.05) is 6.07 Å². The lowest BCUT2D eigenvalue weighted by Crippen LogP contribution is -2.39. The molecule has 0 fully saturated rings. The monoisotopic (exact) mass is 324 g/mol. The Hall–Kier alpha value is -1.60. The van der Waals surface area contributed by atoms with Crippen LogP contribution in [-0.4, -0.2) is 32.2 Å². The minimum absolute atomic E-state index is 0. The van der Waals surface area contributed by atoms with Crippen LogP contribution < -0.4 is 20.5 Å². The van der Waals surface area contributed by atoms with Gasteiger partial charge < -0.3 is 20.5 Å². The fraction of sp³-hybridized carbons (Fsp3) is 0.462. The molecule has 0 aliphatic rings. The maximum absolute atomic E-state index is 12.3. The molecule has 5 nitrogen and oxygen atoms in total. The number of halogens is 3. The summed E-state index contributed by atoms with van der Waals surface area (Å²) in [5.74, 6) is -0.0604. The van der Waals surface area contributed by atoms with Crippen molar-refractivity contribution in [3.05, 3.63) is 23.8 Å². The predicted molar refractivity (Wildman–Crippen MR) is 77.2 cm³/mol. The Kier molecular flexibility index (Phi) is 8.64. The van der Waals surface area contributed by atoms with Crippen molar-refractivity contribution in [2.24, 2.45) is 5.73 Å². The highest BCUT2D eigenvalue weighted by Crippen LogP contribution is 2.29. The first-order chi connectivity index (χ1) is 9.43. The van der Waals surface area contributed by atoms with Crippen molar-refractivity contribution >= 4 is 18.3 Å². The van der Waals surface area contributed by atoms with Crippen LogP contribution in [0, 0.1) is 0 Å². The fourth-order valence-electron chi connectivity index (χ4n) is 1.56. The SMILES string of the molecule is COc1ccc(CCNC(=O)[C@H](C)N)cc1OC(F)F.Cl. The van der Waals surface area contributed by atoms with E-state index in [1.54, 1.807) is 19.1 Å². The molecule has 0 saturated carbocycles. The number of amides is 1. The van der Waals surface area contributed by atoms with Crippen LogP contribution in [0.1, 0.15) is 12.5 Å². The third-order valence-electron chi connectivity index (χ3n) is 2.57. The van der Waals surface area contributed by atoms with Gasteiger partial charge in [0.05, 0.1) is 13.2 Å². The van der Waals surface area contributed by atoms with Gasteiger partial charge in [0.25, 0.3) is 0 Å². The summed E-state index contributed by atoms with van der Waals surface area (Å²) in [5, 5.41) is 2.64. The molecule has 0 heterocycles. The normalized spacial score (nSPS) is 11.5. The van der Waals surface area contributed by atoms with Crippen molar-refractivity contribution < 1.29 is 23.0 Å². The Morgan fingerprint density at radius 2 is 2.05 bits per heavy atom. The summed E-state index contributed by atoms with van der Waals surface area (Å²) in [4.78, 5) is 11.3. The molecule has 0 unspecified atom stereocenters. The highest BCUT2D eigenvalue weighted by atomic mass is 35.5. The Labute approximate surface area is 128 Å². The largest absolute Gasteiger partial charge is 0.493 e. The van der Waals surface area contributed by atoms with Gasteiger partial charge in [-0.25, -0.2) is 0 Å². The van der Waals surface area contributed by atoms with Gasteiger partial charge in [0.15, 0.2) is 11.5 Å². The molecule has 1 amide bonds. The van der Waals surface area contributed by atoms with E-state index in [-0.39, 0.29) is 29.8 Å². The molecule has 1 rings (SSSR count). The molecule has 1 aromatic carbocycles. The highest BCUT2D eigenvalue weighted by molar-refractivity contribution is 5.85. The van der Waals surface area contributed by atoms with Gasteiger partial charge in [-0.05, 0) is 31.0 Å². The molecule has 1 atom stereocenters. The number of rotatable bonds is 7. The number of alkyl halides is 2. The Morgan fingerprint density at radius 3 is 2.57 bits per heavy atom. The Morgan fingerprint density at radius 1 is 1.38 bits per heavy atom. The molecule has 120 valence electrons. The van der Waals surface area contributed by atoms with Crippen molar-refractivity contribution in [3.63, 3.8) is 0 Å². The number of carbonyl (C=O) groups excluding carboxylic acids is 1. The van der Waals surface area contributed by atoms with E-state index in [4.69, 9.17) is 10.5 Å². The van der Waals surface area contributed by atoms with Crippen LogP contribution in [0.5, 0.6) is 11.5 Å². The third kappa shape index (κ3) is 6.59. The second-order valence-corrected chi connectivity index (χ2v) is 4.19. The van der Waals surface area contributed by atoms with Crippen LogP contribution >= 0.6 is 12.4 Å². The lowest BCUT2D eigenvalue weighted by molar-refractivity contribution is -0.121. The van der Waals surface area contributed by atoms with Crippen molar-refractivity contribution in [2.45, 2.75) is 26.0 Å². The van der Waals surface area contributed by atoms with Gasteiger partial charge in [0, 0.05) is 6.54 Å². The molecule has 8 heteroatoms. The summed E-state index contributed by atoms with van der Waals surface area (Å²) in [6.07, 6.45) is 0.474. The zero-order chi connectivity index (χ0) is 15.1. The molecule has 0 saturated heterocycles. The van der Waals surface area contributed by atoms with Gasteiger partial charge in [-0.15, -0.1) is 12.4 Å². The zero-order valence-electron chi connectivity index (χ0n) is 11.8. The van der Waals surface area contributed by atoms with E-state index in [0.717, 1.165) is 5.56 Å². The summed E-state index contributed by atoms with van der Waals surface area (Å²) in [6.45, 7) is -0.977. The summed E-state index contributed by atoms with van der Waals surface area (Å²) in [5.41, 5.74) is 6.14. The van der Waals surface area contributed by atoms with E-state index in [0.29, 0.717) is 13.0 Å². The first kappa shape index (κ1) is 19.4. The zero-order valence-corrected chi connectivity index (χ0v) is 12.6. The number of nitrogens with one attached hydrogen (secondary N) is 1. The van der Waals surface area contributed by atoms with Gasteiger partial charge >= 0.3 is 6.61 Å². The van der Waals surface area contributed by atoms with Crippen molar-refractivity contribution in [2.75, 3.05) is 13.7 Å². The third-order valence-corrected chi connectivity index (χ3v) is 2.57. The molecule has 0 aliphatic carbocycles. The van der Waals surface area contributed by atoms with E-state index in [9.17, 15) is 13.6 Å². The molecule has 1 aromatic rings. The highest BCUT2D eigenvalue weighted by Gasteiger charge is 2.11. The molecule has 3 N–H and O–H groups in total. The van der Waals surface area contributed by atoms with E-state index in [2.05, 4.69) is 10.1 Å². The summed E-state index contributed by atoms with van der Waals surface area (Å²) in [7, 11) is 1.37. The number of nitrogens with two attached hydrogens (primary N) is 1. The van der Waals surface area contributed by atoms with Crippen LogP contribution in [0.25, 0.3) is 0 Å². The molecule has 0 aliphatic heterocycles. The lowest BCUT2D eigenvalue weighted by Gasteiger charge is -2.12. The molecule has 0 spiro atoms. The van der Waals surface area contributed by atoms with Crippen LogP contribution in [0.15, 0.2) is 18.2 Å². The molecule has 0 bridgehead atoms. The van der Waals surface area contributed by atoms with Gasteiger partial charge in [-0.3, -0.25) is 4.79 Å². The molecule has 0 radical (unpaired) electrons. The number of benzene rings is 1. The first-order valence-corrected chi connectivity index (χ1v) is 6.09. The standard InChI is InChI=1S/C13H18F2N2O3.ClH/c1-8(16)12(18)17-6-5-9-3-4-10(19-2)11(7-9)20-13(14)15;/h3-4,7-8,13H,5-6,16H2,1-2H3,(H,17,18);1H/t8-;/m0./s1. The molecule has 0 aromatic heterocycles. The van der Waals surface area contributed by atoms with Gasteiger partial charge in [0.1, 0.15) is 0 Å². The first-order valence-electron chi connectivity index (χ1n) is 6.09. The maximum Gasteiger partial charge on any atom is 0.387 e. The maximum atomic E-state index is 12.3. The molecular formula is C13H19ClF2N2O3. The number of carbonyl (C=O) groups is 1. The van der Waals surface area contributed by atoms with Crippen LogP contribution in [-0.2, 0) is 11.2 Å². The van der Waals surface area contributed by atoms with E-state index in [1.165, 1.54) is 13.2 Å². The van der Waals surface area contributed by atoms with Crippen LogP contribution in [0.3, 0.4) is 0 Å². The minimum atomic E-state index is -2.92. The van der Waals surface area contributed by atoms with Crippen LogP contribution in [0.2, 0.25) is 0 Å². The number of hydrogen-bond acceptors (Lipinski definition) is 4. The predicted octanol–water partition coefficient (Wildman–Crippen LogP) is 1.72. The smallest absolute Gasteiger partial charge is 0.387 e. The Balaban J connectivity index is 0.00000400. The lowest BCUT2D eigenvalue weighted by atomic mass is 10.1. The second-order valence-electron chi connectivity index (χ2n) is 4.19. The quantitative estimate of drug-likeness (QED) is 0.801. The molecule has 21 heavy (non-hydrogen) atoms. The summed E-state index contributed by atoms with van der Waals surface area (Å²) < 4.78 is 33.8. The number of methoxy groups -OCH3 is 1.